The standard InChI is InChI=1S/C27H32N2O4S2/c1-16-9-12-25(13-10-16)23-26(11-3-4-17-5-7-18(33-2)8-6-17)21(27(23,25)26)22(32)29-24-28-14-20(35-24)34-15-19(30)31/h5-8,14,16,21,23H,3-4,9-13,15H2,1-2H3,(H,30,31)(H,28,29,32). The van der Waals surface area contributed by atoms with Gasteiger partial charge in [-0.3, -0.25) is 9.59 Å². The molecular formula is C27H32N2O4S2. The van der Waals surface area contributed by atoms with Crippen LogP contribution in [0.5, 0.6) is 5.75 Å². The number of methoxy groups -OCH3 is 1. The molecule has 2 N–H and O–H groups in total. The number of rotatable bonds is 10. The van der Waals surface area contributed by atoms with E-state index in [1.165, 1.54) is 54.3 Å². The molecule has 0 saturated heterocycles. The van der Waals surface area contributed by atoms with E-state index >= 15 is 0 Å². The summed E-state index contributed by atoms with van der Waals surface area (Å²) in [6, 6.07) is 8.32. The number of nitrogens with one attached hydrogen (secondary N) is 1. The molecule has 1 aromatic carbocycles. The summed E-state index contributed by atoms with van der Waals surface area (Å²) in [4.78, 5) is 28.6. The molecule has 0 bridgehead atoms. The third-order valence-electron chi connectivity index (χ3n) is 9.53. The number of carboxylic acids is 1. The fourth-order valence-corrected chi connectivity index (χ4v) is 9.77. The van der Waals surface area contributed by atoms with E-state index < -0.39 is 5.97 Å². The number of fused-ring (bicyclic) bond motifs is 2. The van der Waals surface area contributed by atoms with E-state index in [1.54, 1.807) is 13.3 Å². The lowest BCUT2D eigenvalue weighted by Crippen LogP contribution is -2.24. The average molecular weight is 513 g/mol. The first-order valence-electron chi connectivity index (χ1n) is 12.6. The van der Waals surface area contributed by atoms with Crippen molar-refractivity contribution < 1.29 is 19.4 Å². The van der Waals surface area contributed by atoms with Crippen LogP contribution in [0, 0.1) is 34.0 Å². The number of ether oxygens (including phenoxy) is 1. The summed E-state index contributed by atoms with van der Waals surface area (Å²) in [6.07, 6.45) is 10.1. The Kier molecular flexibility index (Phi) is 5.49. The van der Waals surface area contributed by atoms with Crippen LogP contribution in [0.1, 0.15) is 51.0 Å². The van der Waals surface area contributed by atoms with Crippen LogP contribution < -0.4 is 10.1 Å². The number of thioether (sulfide) groups is 1. The maximum atomic E-state index is 13.5. The molecule has 6 nitrogen and oxygen atoms in total. The zero-order valence-corrected chi connectivity index (χ0v) is 21.8. The predicted molar refractivity (Wildman–Crippen MR) is 137 cm³/mol. The summed E-state index contributed by atoms with van der Waals surface area (Å²) in [6.45, 7) is 2.36. The third kappa shape index (κ3) is 3.31. The van der Waals surface area contributed by atoms with E-state index in [9.17, 15) is 9.59 Å². The molecule has 4 unspecified atom stereocenters. The number of amides is 1. The number of hydrogen-bond donors (Lipinski definition) is 2. The minimum atomic E-state index is -0.852. The zero-order chi connectivity index (χ0) is 24.4. The summed E-state index contributed by atoms with van der Waals surface area (Å²) >= 11 is 2.61. The normalized spacial score (nSPS) is 35.7. The Balaban J connectivity index is 1.12. The molecule has 8 heteroatoms. The van der Waals surface area contributed by atoms with Crippen LogP contribution >= 0.6 is 23.1 Å². The van der Waals surface area contributed by atoms with Gasteiger partial charge in [0, 0.05) is 0 Å². The molecule has 1 amide bonds. The number of carbonyl (C=O) groups excluding carboxylic acids is 1. The van der Waals surface area contributed by atoms with Crippen LogP contribution in [0.25, 0.3) is 0 Å². The highest BCUT2D eigenvalue weighted by molar-refractivity contribution is 8.01. The van der Waals surface area contributed by atoms with Gasteiger partial charge in [-0.05, 0) is 77.9 Å². The van der Waals surface area contributed by atoms with Gasteiger partial charge in [0.25, 0.3) is 0 Å². The van der Waals surface area contributed by atoms with Crippen molar-refractivity contribution in [1.82, 2.24) is 4.98 Å². The van der Waals surface area contributed by atoms with Crippen LogP contribution in [-0.2, 0) is 16.0 Å². The molecule has 4 atom stereocenters. The van der Waals surface area contributed by atoms with Crippen LogP contribution in [0.2, 0.25) is 0 Å². The molecule has 35 heavy (non-hydrogen) atoms. The van der Waals surface area contributed by atoms with Gasteiger partial charge in [-0.25, -0.2) is 4.98 Å². The Morgan fingerprint density at radius 3 is 2.69 bits per heavy atom. The van der Waals surface area contributed by atoms with Crippen LogP contribution in [0.4, 0.5) is 5.13 Å². The lowest BCUT2D eigenvalue weighted by atomic mass is 9.71. The number of benzene rings is 1. The summed E-state index contributed by atoms with van der Waals surface area (Å²) in [5.41, 5.74) is 2.21. The number of hydrogen-bond acceptors (Lipinski definition) is 6. The van der Waals surface area contributed by atoms with Crippen molar-refractivity contribution in [2.45, 2.75) is 56.1 Å². The van der Waals surface area contributed by atoms with E-state index in [0.717, 1.165) is 41.1 Å². The molecule has 2 spiro atoms. The van der Waals surface area contributed by atoms with Crippen molar-refractivity contribution in [2.24, 2.45) is 34.0 Å². The Morgan fingerprint density at radius 1 is 1.26 bits per heavy atom. The van der Waals surface area contributed by atoms with E-state index in [4.69, 9.17) is 9.84 Å². The topological polar surface area (TPSA) is 88.5 Å². The fraction of sp³-hybridized carbons (Fsp3) is 0.593. The van der Waals surface area contributed by atoms with Gasteiger partial charge < -0.3 is 15.2 Å². The second kappa shape index (κ2) is 8.23. The molecule has 1 heterocycles. The summed E-state index contributed by atoms with van der Waals surface area (Å²) in [5, 5.41) is 12.6. The zero-order valence-electron chi connectivity index (χ0n) is 20.2. The molecule has 2 aromatic rings. The van der Waals surface area contributed by atoms with Gasteiger partial charge in [-0.2, -0.15) is 0 Å². The van der Waals surface area contributed by atoms with Gasteiger partial charge in [0.05, 0.1) is 29.2 Å². The van der Waals surface area contributed by atoms with Gasteiger partial charge in [0.2, 0.25) is 5.91 Å². The molecule has 4 saturated carbocycles. The second-order valence-electron chi connectivity index (χ2n) is 11.0. The molecule has 6 rings (SSSR count). The number of nitrogens with zero attached hydrogens (tertiary/aromatic N) is 1. The van der Waals surface area contributed by atoms with Crippen LogP contribution in [-0.4, -0.2) is 34.8 Å². The molecule has 186 valence electrons. The molecule has 4 fully saturated rings. The molecule has 4 aliphatic carbocycles. The first-order chi connectivity index (χ1) is 16.9. The number of aromatic nitrogens is 1. The lowest BCUT2D eigenvalue weighted by Gasteiger charge is -2.33. The molecular weight excluding hydrogens is 480 g/mol. The smallest absolute Gasteiger partial charge is 0.313 e. The molecule has 4 aliphatic rings. The Morgan fingerprint density at radius 2 is 2.00 bits per heavy atom. The highest BCUT2D eigenvalue weighted by Crippen LogP contribution is 3.18. The van der Waals surface area contributed by atoms with E-state index in [0.29, 0.717) is 10.5 Å². The van der Waals surface area contributed by atoms with E-state index in [2.05, 4.69) is 29.4 Å². The Labute approximate surface area is 214 Å². The van der Waals surface area contributed by atoms with Gasteiger partial charge in [-0.1, -0.05) is 43.2 Å². The summed E-state index contributed by atoms with van der Waals surface area (Å²) in [5.74, 6) is 1.84. The number of aryl methyl sites for hydroxylation is 1. The second-order valence-corrected chi connectivity index (χ2v) is 13.3. The van der Waals surface area contributed by atoms with Crippen molar-refractivity contribution in [3.63, 3.8) is 0 Å². The van der Waals surface area contributed by atoms with E-state index in [-0.39, 0.29) is 28.4 Å². The predicted octanol–water partition coefficient (Wildman–Crippen LogP) is 5.73. The minimum Gasteiger partial charge on any atom is -0.497 e. The number of thiazole rings is 1. The van der Waals surface area contributed by atoms with E-state index in [1.807, 2.05) is 12.1 Å². The van der Waals surface area contributed by atoms with Gasteiger partial charge in [0.15, 0.2) is 5.13 Å². The number of aliphatic carboxylic acids is 1. The third-order valence-corrected chi connectivity index (χ3v) is 11.6. The van der Waals surface area contributed by atoms with Gasteiger partial charge in [0.1, 0.15) is 5.75 Å². The Bertz CT molecular complexity index is 1160. The summed E-state index contributed by atoms with van der Waals surface area (Å²) < 4.78 is 6.09. The number of carboxylic acid groups (broad SMARTS) is 1. The minimum absolute atomic E-state index is 0.00124. The maximum absolute atomic E-state index is 13.5. The van der Waals surface area contributed by atoms with Crippen LogP contribution in [0.15, 0.2) is 34.7 Å². The maximum Gasteiger partial charge on any atom is 0.313 e. The average Bonchev–Trinajstić information content (AvgIpc) is 3.70. The SMILES string of the molecule is COc1ccc(CCCC23C(C(=O)Nc4ncc(SCC(=O)O)s4)C24C3C42CCC(C)CC2)cc1. The largest absolute Gasteiger partial charge is 0.497 e. The van der Waals surface area contributed by atoms with Crippen molar-refractivity contribution in [2.75, 3.05) is 18.2 Å². The summed E-state index contributed by atoms with van der Waals surface area (Å²) in [7, 11) is 1.69. The molecule has 1 aromatic heterocycles. The van der Waals surface area contributed by atoms with Crippen molar-refractivity contribution in [1.29, 1.82) is 0 Å². The number of carbonyl (C=O) groups is 2. The van der Waals surface area contributed by atoms with Gasteiger partial charge >= 0.3 is 5.97 Å². The lowest BCUT2D eigenvalue weighted by molar-refractivity contribution is -0.133. The van der Waals surface area contributed by atoms with Gasteiger partial charge in [-0.15, -0.1) is 11.8 Å². The van der Waals surface area contributed by atoms with Crippen LogP contribution in [0.3, 0.4) is 0 Å². The highest BCUT2D eigenvalue weighted by atomic mass is 32.2. The fourth-order valence-electron chi connectivity index (χ4n) is 8.18. The first kappa shape index (κ1) is 23.3. The highest BCUT2D eigenvalue weighted by Gasteiger charge is 3.17. The monoisotopic (exact) mass is 512 g/mol. The van der Waals surface area contributed by atoms with Crippen molar-refractivity contribution >= 4 is 40.1 Å². The molecule has 0 aliphatic heterocycles. The first-order valence-corrected chi connectivity index (χ1v) is 14.4. The van der Waals surface area contributed by atoms with Crippen molar-refractivity contribution in [3.05, 3.63) is 36.0 Å². The Hall–Kier alpha value is -2.06. The number of anilines is 1. The quantitative estimate of drug-likeness (QED) is 0.395. The molecule has 0 radical (unpaired) electrons. The van der Waals surface area contributed by atoms with Crippen molar-refractivity contribution in [3.8, 4) is 5.75 Å².